The van der Waals surface area contributed by atoms with E-state index in [1.165, 1.54) is 29.4 Å². The average molecular weight is 790 g/mol. The third-order valence-corrected chi connectivity index (χ3v) is 8.24. The topological polar surface area (TPSA) is 146 Å². The molecule has 0 radical (unpaired) electrons. The molecule has 0 aliphatic rings. The number of rotatable bonds is 6. The van der Waals surface area contributed by atoms with Crippen LogP contribution in [0.1, 0.15) is 0 Å². The minimum absolute atomic E-state index is 0.00905. The van der Waals surface area contributed by atoms with Gasteiger partial charge in [0.25, 0.3) is 0 Å². The molecular weight excluding hydrogens is 766 g/mol. The lowest BCUT2D eigenvalue weighted by atomic mass is 10.2. The van der Waals surface area contributed by atoms with Gasteiger partial charge in [-0.3, -0.25) is 0 Å². The molecule has 12 nitrogen and oxygen atoms in total. The molecule has 0 saturated carbocycles. The number of nitrogens with two attached hydrogens (primary N) is 1. The smallest absolute Gasteiger partial charge is 0.325 e. The molecule has 0 fully saturated rings. The highest BCUT2D eigenvalue weighted by Crippen LogP contribution is 2.35. The van der Waals surface area contributed by atoms with Crippen molar-refractivity contribution < 1.29 is 39.9 Å². The Morgan fingerprint density at radius 1 is 0.614 bits per heavy atom. The molecule has 57 heavy (non-hydrogen) atoms. The number of nitrogens with one attached hydrogen (secondary N) is 1. The fraction of sp³-hybridized carbons (Fsp3) is 0.0541. The summed E-state index contributed by atoms with van der Waals surface area (Å²) in [6.07, 6.45) is 2.76. The van der Waals surface area contributed by atoms with Gasteiger partial charge in [0.15, 0.2) is 45.6 Å². The Hall–Kier alpha value is -7.51. The van der Waals surface area contributed by atoms with Crippen LogP contribution >= 0.6 is 0 Å². The van der Waals surface area contributed by atoms with Gasteiger partial charge in [-0.15, -0.1) is 0 Å². The molecule has 0 aliphatic carbocycles. The van der Waals surface area contributed by atoms with Crippen LogP contribution in [-0.2, 0) is 14.1 Å². The van der Waals surface area contributed by atoms with Crippen molar-refractivity contribution in [3.8, 4) is 22.8 Å². The summed E-state index contributed by atoms with van der Waals surface area (Å²) in [5.41, 5.74) is 4.62. The minimum atomic E-state index is -1.25. The predicted molar refractivity (Wildman–Crippen MR) is 191 cm³/mol. The molecular formula is C37H23F8N11O. The van der Waals surface area contributed by atoms with Crippen molar-refractivity contribution in [2.24, 2.45) is 19.8 Å². The number of carbonyl (C=O) groups excluding carboxylic acids is 1. The minimum Gasteiger partial charge on any atom is -0.351 e. The molecule has 0 bridgehead atoms. The van der Waals surface area contributed by atoms with Crippen molar-refractivity contribution in [3.63, 3.8) is 0 Å². The highest BCUT2D eigenvalue weighted by Gasteiger charge is 2.29. The molecule has 0 aliphatic heterocycles. The summed E-state index contributed by atoms with van der Waals surface area (Å²) in [5.74, 6) is -7.92. The summed E-state index contributed by atoms with van der Waals surface area (Å²) in [5, 5.41) is 2.56. The fourth-order valence-corrected chi connectivity index (χ4v) is 5.58. The largest absolute Gasteiger partial charge is 0.351 e. The number of benzene rings is 4. The molecule has 8 aromatic rings. The number of aromatic nitrogens is 8. The van der Waals surface area contributed by atoms with Crippen LogP contribution < -0.4 is 16.0 Å². The van der Waals surface area contributed by atoms with E-state index < -0.39 is 63.9 Å². The van der Waals surface area contributed by atoms with E-state index >= 15 is 0 Å². The lowest BCUT2D eigenvalue weighted by Crippen LogP contribution is -2.34. The highest BCUT2D eigenvalue weighted by atomic mass is 19.2. The second kappa shape index (κ2) is 15.0. The van der Waals surface area contributed by atoms with E-state index in [4.69, 9.17) is 5.73 Å². The van der Waals surface area contributed by atoms with Gasteiger partial charge in [0.2, 0.25) is 0 Å². The molecule has 4 heterocycles. The van der Waals surface area contributed by atoms with Crippen LogP contribution in [0.3, 0.4) is 0 Å². The molecule has 8 rings (SSSR count). The van der Waals surface area contributed by atoms with Gasteiger partial charge in [0.1, 0.15) is 57.9 Å². The molecule has 0 atom stereocenters. The Morgan fingerprint density at radius 3 is 1.60 bits per heavy atom. The first-order valence-electron chi connectivity index (χ1n) is 16.3. The number of anilines is 4. The first-order valence-corrected chi connectivity index (χ1v) is 16.3. The van der Waals surface area contributed by atoms with Crippen LogP contribution in [0.25, 0.3) is 45.1 Å². The van der Waals surface area contributed by atoms with Crippen molar-refractivity contribution in [1.82, 2.24) is 39.0 Å². The number of urea groups is 1. The van der Waals surface area contributed by atoms with Crippen LogP contribution in [-0.4, -0.2) is 45.1 Å². The fourth-order valence-electron chi connectivity index (χ4n) is 5.58. The Labute approximate surface area is 314 Å². The maximum atomic E-state index is 14.4. The number of aryl methyl sites for hydroxylation is 2. The van der Waals surface area contributed by atoms with Gasteiger partial charge in [-0.05, 0) is 48.5 Å². The molecule has 0 saturated heterocycles. The van der Waals surface area contributed by atoms with Crippen LogP contribution in [0, 0.1) is 46.5 Å². The van der Waals surface area contributed by atoms with Crippen molar-refractivity contribution in [3.05, 3.63) is 132 Å². The molecule has 2 amide bonds. The van der Waals surface area contributed by atoms with Crippen molar-refractivity contribution in [2.75, 3.05) is 10.2 Å². The van der Waals surface area contributed by atoms with E-state index in [2.05, 4.69) is 35.2 Å². The van der Waals surface area contributed by atoms with Gasteiger partial charge in [0.05, 0.1) is 23.8 Å². The SMILES string of the molecule is Cn1cnc2c(N(C(N)=O)c3c(F)cccc3F)nc(-c3ccc(F)cc3F)nc21.Cn1cnc2c(Nc3c(F)cccc3F)nc(-c3ccc(F)cc3F)nc21. The Morgan fingerprint density at radius 2 is 1.09 bits per heavy atom. The number of carbonyl (C=O) groups is 1. The van der Waals surface area contributed by atoms with Crippen LogP contribution in [0.2, 0.25) is 0 Å². The Kier molecular flexibility index (Phi) is 9.92. The second-order valence-electron chi connectivity index (χ2n) is 12.0. The van der Waals surface area contributed by atoms with E-state index in [-0.39, 0.29) is 51.1 Å². The quantitative estimate of drug-likeness (QED) is 0.161. The van der Waals surface area contributed by atoms with E-state index in [9.17, 15) is 39.9 Å². The highest BCUT2D eigenvalue weighted by molar-refractivity contribution is 6.04. The summed E-state index contributed by atoms with van der Waals surface area (Å²) in [6, 6.07) is 10.8. The standard InChI is InChI=1S/C19H12F4N6O.C18H11F4N5/c1-28-8-25-14-17(28)26-16(10-6-5-9(20)7-13(10)23)27-18(14)29(19(24)30)15-11(21)3-2-4-12(15)22;1-27-8-23-15-17(24-14-11(20)3-2-4-12(14)21)25-16(26-18(15)27)10-6-5-9(19)7-13(10)22/h2-8H,1H3,(H2,24,30);2-8H,1H3,(H,24,25,26). The van der Waals surface area contributed by atoms with E-state index in [0.717, 1.165) is 48.5 Å². The molecule has 0 spiro atoms. The molecule has 3 N–H and O–H groups in total. The molecule has 4 aromatic carbocycles. The van der Waals surface area contributed by atoms with Crippen molar-refractivity contribution >= 4 is 51.4 Å². The number of fused-ring (bicyclic) bond motifs is 2. The second-order valence-corrected chi connectivity index (χ2v) is 12.0. The average Bonchev–Trinajstić information content (AvgIpc) is 3.73. The van der Waals surface area contributed by atoms with E-state index in [1.54, 1.807) is 18.7 Å². The number of hydrogen-bond acceptors (Lipinski definition) is 8. The summed E-state index contributed by atoms with van der Waals surface area (Å²) >= 11 is 0. The summed E-state index contributed by atoms with van der Waals surface area (Å²) in [4.78, 5) is 37.6. The van der Waals surface area contributed by atoms with E-state index in [0.29, 0.717) is 22.7 Å². The Bertz CT molecular complexity index is 2820. The molecule has 4 aromatic heterocycles. The maximum Gasteiger partial charge on any atom is 0.325 e. The monoisotopic (exact) mass is 789 g/mol. The predicted octanol–water partition coefficient (Wildman–Crippen LogP) is 8.13. The first kappa shape index (κ1) is 37.8. The lowest BCUT2D eigenvalue weighted by Gasteiger charge is -2.21. The lowest BCUT2D eigenvalue weighted by molar-refractivity contribution is 0.255. The van der Waals surface area contributed by atoms with E-state index in [1.807, 2.05) is 0 Å². The molecule has 288 valence electrons. The molecule has 0 unspecified atom stereocenters. The van der Waals surface area contributed by atoms with Crippen LogP contribution in [0.15, 0.2) is 85.5 Å². The maximum absolute atomic E-state index is 14.4. The summed E-state index contributed by atoms with van der Waals surface area (Å²) in [7, 11) is 3.22. The van der Waals surface area contributed by atoms with Gasteiger partial charge in [-0.2, -0.15) is 0 Å². The number of para-hydroxylation sites is 2. The third-order valence-electron chi connectivity index (χ3n) is 8.24. The number of amides is 2. The van der Waals surface area contributed by atoms with Gasteiger partial charge in [-0.25, -0.2) is 74.7 Å². The van der Waals surface area contributed by atoms with Crippen LogP contribution in [0.4, 0.5) is 62.9 Å². The van der Waals surface area contributed by atoms with Crippen LogP contribution in [0.5, 0.6) is 0 Å². The summed E-state index contributed by atoms with van der Waals surface area (Å²) in [6.45, 7) is 0. The first-order chi connectivity index (χ1) is 27.2. The number of primary amides is 1. The zero-order valence-electron chi connectivity index (χ0n) is 29.1. The van der Waals surface area contributed by atoms with Gasteiger partial charge in [0, 0.05) is 26.2 Å². The Balaban J connectivity index is 0.000000175. The van der Waals surface area contributed by atoms with Gasteiger partial charge < -0.3 is 20.2 Å². The molecule has 20 heteroatoms. The number of halogens is 8. The zero-order valence-corrected chi connectivity index (χ0v) is 29.1. The number of hydrogen-bond donors (Lipinski definition) is 2. The number of imidazole rings is 2. The third kappa shape index (κ3) is 7.22. The summed E-state index contributed by atoms with van der Waals surface area (Å²) < 4.78 is 115. The van der Waals surface area contributed by atoms with Gasteiger partial charge >= 0.3 is 6.03 Å². The number of nitrogens with zero attached hydrogens (tertiary/aromatic N) is 9. The normalized spacial score (nSPS) is 11.1. The van der Waals surface area contributed by atoms with Gasteiger partial charge in [-0.1, -0.05) is 12.1 Å². The van der Waals surface area contributed by atoms with Crippen molar-refractivity contribution in [1.29, 1.82) is 0 Å². The zero-order chi connectivity index (χ0) is 40.7. The van der Waals surface area contributed by atoms with Crippen molar-refractivity contribution in [2.45, 2.75) is 0 Å².